The van der Waals surface area contributed by atoms with Crippen molar-refractivity contribution in [2.75, 3.05) is 14.2 Å². The maximum Gasteiger partial charge on any atom is 0.519 e. The SMILES string of the molecule is COc1ccc(OC(=O)Oc2ccc(OC)cc2CO)c(CO)c1. The molecule has 0 radical (unpaired) electrons. The van der Waals surface area contributed by atoms with E-state index >= 15 is 0 Å². The van der Waals surface area contributed by atoms with Gasteiger partial charge in [0.2, 0.25) is 0 Å². The van der Waals surface area contributed by atoms with Crippen LogP contribution in [0.1, 0.15) is 11.1 Å². The standard InChI is InChI=1S/C17H18O7/c1-21-13-3-5-15(11(7-13)9-18)23-17(20)24-16-6-4-14(22-2)8-12(16)10-19/h3-8,18-19H,9-10H2,1-2H3. The summed E-state index contributed by atoms with van der Waals surface area (Å²) in [7, 11) is 2.98. The van der Waals surface area contributed by atoms with Gasteiger partial charge in [-0.25, -0.2) is 4.79 Å². The molecular formula is C17H18O7. The van der Waals surface area contributed by atoms with Crippen molar-refractivity contribution < 1.29 is 34.0 Å². The van der Waals surface area contributed by atoms with Crippen molar-refractivity contribution in [1.29, 1.82) is 0 Å². The summed E-state index contributed by atoms with van der Waals surface area (Å²) in [6.45, 7) is -0.658. The number of aliphatic hydroxyl groups is 2. The van der Waals surface area contributed by atoms with Crippen LogP contribution < -0.4 is 18.9 Å². The van der Waals surface area contributed by atoms with Crippen molar-refractivity contribution in [3.8, 4) is 23.0 Å². The Labute approximate surface area is 139 Å². The lowest BCUT2D eigenvalue weighted by molar-refractivity contribution is 0.149. The molecule has 0 aliphatic heterocycles. The van der Waals surface area contributed by atoms with Crippen molar-refractivity contribution in [1.82, 2.24) is 0 Å². The van der Waals surface area contributed by atoms with Gasteiger partial charge in [-0.2, -0.15) is 0 Å². The first kappa shape index (κ1) is 17.6. The lowest BCUT2D eigenvalue weighted by atomic mass is 10.2. The molecule has 0 amide bonds. The van der Waals surface area contributed by atoms with E-state index in [1.807, 2.05) is 0 Å². The summed E-state index contributed by atoms with van der Waals surface area (Å²) in [6.07, 6.45) is -0.991. The van der Waals surface area contributed by atoms with Crippen molar-refractivity contribution in [3.63, 3.8) is 0 Å². The molecule has 0 spiro atoms. The minimum absolute atomic E-state index is 0.155. The summed E-state index contributed by atoms with van der Waals surface area (Å²) in [5.41, 5.74) is 0.756. The minimum Gasteiger partial charge on any atom is -0.497 e. The molecule has 128 valence electrons. The lowest BCUT2D eigenvalue weighted by Gasteiger charge is -2.12. The maximum atomic E-state index is 12.0. The molecule has 0 bridgehead atoms. The highest BCUT2D eigenvalue weighted by atomic mass is 16.7. The molecule has 0 saturated heterocycles. The molecule has 0 atom stereocenters. The molecule has 7 heteroatoms. The Bertz CT molecular complexity index is 653. The second-order valence-corrected chi connectivity index (χ2v) is 4.72. The Morgan fingerprint density at radius 3 is 1.58 bits per heavy atom. The van der Waals surface area contributed by atoms with Crippen LogP contribution in [0.2, 0.25) is 0 Å². The van der Waals surface area contributed by atoms with Gasteiger partial charge in [-0.15, -0.1) is 0 Å². The zero-order valence-corrected chi connectivity index (χ0v) is 13.3. The number of carbonyl (C=O) groups excluding carboxylic acids is 1. The van der Waals surface area contributed by atoms with Crippen molar-refractivity contribution in [2.24, 2.45) is 0 Å². The molecule has 0 aliphatic carbocycles. The van der Waals surface area contributed by atoms with Crippen LogP contribution in [0, 0.1) is 0 Å². The van der Waals surface area contributed by atoms with Gasteiger partial charge in [0, 0.05) is 11.1 Å². The van der Waals surface area contributed by atoms with Gasteiger partial charge in [0.1, 0.15) is 23.0 Å². The fourth-order valence-corrected chi connectivity index (χ4v) is 2.01. The van der Waals surface area contributed by atoms with Crippen LogP contribution in [-0.2, 0) is 13.2 Å². The number of aliphatic hydroxyl groups excluding tert-OH is 2. The highest BCUT2D eigenvalue weighted by Gasteiger charge is 2.15. The van der Waals surface area contributed by atoms with Gasteiger partial charge in [-0.1, -0.05) is 0 Å². The molecule has 0 aromatic heterocycles. The van der Waals surface area contributed by atoms with Gasteiger partial charge >= 0.3 is 6.16 Å². The van der Waals surface area contributed by atoms with Crippen LogP contribution in [0.15, 0.2) is 36.4 Å². The van der Waals surface area contributed by atoms with Crippen LogP contribution in [0.3, 0.4) is 0 Å². The molecule has 0 fully saturated rings. The Hall–Kier alpha value is -2.77. The Morgan fingerprint density at radius 1 is 0.833 bits per heavy atom. The van der Waals surface area contributed by atoms with Crippen molar-refractivity contribution in [3.05, 3.63) is 47.5 Å². The molecule has 0 unspecified atom stereocenters. The van der Waals surface area contributed by atoms with Crippen LogP contribution in [0.25, 0.3) is 0 Å². The lowest BCUT2D eigenvalue weighted by Crippen LogP contribution is -2.15. The molecule has 0 heterocycles. The monoisotopic (exact) mass is 334 g/mol. The molecular weight excluding hydrogens is 316 g/mol. The number of methoxy groups -OCH3 is 2. The molecule has 2 aromatic rings. The topological polar surface area (TPSA) is 94.5 Å². The van der Waals surface area contributed by atoms with Crippen molar-refractivity contribution >= 4 is 6.16 Å². The first-order valence-electron chi connectivity index (χ1n) is 7.06. The predicted octanol–water partition coefficient (Wildman–Crippen LogP) is 2.27. The zero-order chi connectivity index (χ0) is 17.5. The summed E-state index contributed by atoms with van der Waals surface area (Å²) in [4.78, 5) is 12.0. The second-order valence-electron chi connectivity index (χ2n) is 4.72. The first-order valence-corrected chi connectivity index (χ1v) is 7.06. The molecule has 2 rings (SSSR count). The fraction of sp³-hybridized carbons (Fsp3) is 0.235. The van der Waals surface area contributed by atoms with Gasteiger partial charge in [-0.05, 0) is 36.4 Å². The van der Waals surface area contributed by atoms with Crippen LogP contribution >= 0.6 is 0 Å². The number of hydrogen-bond acceptors (Lipinski definition) is 7. The average Bonchev–Trinajstić information content (AvgIpc) is 2.62. The van der Waals surface area contributed by atoms with E-state index in [1.54, 1.807) is 24.3 Å². The number of benzene rings is 2. The molecule has 2 aromatic carbocycles. The van der Waals surface area contributed by atoms with Gasteiger partial charge < -0.3 is 29.2 Å². The second kappa shape index (κ2) is 8.19. The Balaban J connectivity index is 2.14. The molecule has 0 saturated carbocycles. The fourth-order valence-electron chi connectivity index (χ4n) is 2.01. The van der Waals surface area contributed by atoms with E-state index in [0.717, 1.165) is 0 Å². The van der Waals surface area contributed by atoms with Crippen LogP contribution in [0.5, 0.6) is 23.0 Å². The van der Waals surface area contributed by atoms with Gasteiger partial charge in [0.25, 0.3) is 0 Å². The third-order valence-electron chi connectivity index (χ3n) is 3.26. The molecule has 7 nitrogen and oxygen atoms in total. The number of carbonyl (C=O) groups is 1. The van der Waals surface area contributed by atoms with E-state index in [4.69, 9.17) is 18.9 Å². The summed E-state index contributed by atoms with van der Waals surface area (Å²) >= 11 is 0. The highest BCUT2D eigenvalue weighted by molar-refractivity contribution is 5.68. The summed E-state index contributed by atoms with van der Waals surface area (Å²) in [6, 6.07) is 9.27. The molecule has 24 heavy (non-hydrogen) atoms. The average molecular weight is 334 g/mol. The zero-order valence-electron chi connectivity index (χ0n) is 13.3. The first-order chi connectivity index (χ1) is 11.6. The minimum atomic E-state index is -0.991. The van der Waals surface area contributed by atoms with Crippen LogP contribution in [-0.4, -0.2) is 30.6 Å². The Morgan fingerprint density at radius 2 is 1.25 bits per heavy atom. The summed E-state index contributed by atoms with van der Waals surface area (Å²) in [5.74, 6) is 1.36. The molecule has 0 aliphatic rings. The van der Waals surface area contributed by atoms with Gasteiger partial charge in [0.15, 0.2) is 0 Å². The van der Waals surface area contributed by atoms with E-state index in [2.05, 4.69) is 0 Å². The number of rotatable bonds is 6. The smallest absolute Gasteiger partial charge is 0.497 e. The highest BCUT2D eigenvalue weighted by Crippen LogP contribution is 2.27. The maximum absolute atomic E-state index is 12.0. The summed E-state index contributed by atoms with van der Waals surface area (Å²) in [5, 5.41) is 18.7. The third-order valence-corrected chi connectivity index (χ3v) is 3.26. The van der Waals surface area contributed by atoms with Gasteiger partial charge in [0.05, 0.1) is 27.4 Å². The normalized spacial score (nSPS) is 10.2. The largest absolute Gasteiger partial charge is 0.519 e. The van der Waals surface area contributed by atoms with E-state index in [0.29, 0.717) is 22.6 Å². The predicted molar refractivity (Wildman–Crippen MR) is 84.5 cm³/mol. The van der Waals surface area contributed by atoms with Crippen molar-refractivity contribution in [2.45, 2.75) is 13.2 Å². The third kappa shape index (κ3) is 4.15. The van der Waals surface area contributed by atoms with Crippen LogP contribution in [0.4, 0.5) is 4.79 Å². The van der Waals surface area contributed by atoms with E-state index in [9.17, 15) is 15.0 Å². The quantitative estimate of drug-likeness (QED) is 0.618. The number of ether oxygens (including phenoxy) is 4. The van der Waals surface area contributed by atoms with Gasteiger partial charge in [-0.3, -0.25) is 0 Å². The van der Waals surface area contributed by atoms with E-state index in [1.165, 1.54) is 26.4 Å². The van der Waals surface area contributed by atoms with E-state index < -0.39 is 6.16 Å². The summed E-state index contributed by atoms with van der Waals surface area (Å²) < 4.78 is 20.3. The van der Waals surface area contributed by atoms with E-state index in [-0.39, 0.29) is 24.7 Å². The number of hydrogen-bond donors (Lipinski definition) is 2. The molecule has 2 N–H and O–H groups in total. The Kier molecular flexibility index (Phi) is 6.00.